The molecule has 0 spiro atoms. The summed E-state index contributed by atoms with van der Waals surface area (Å²) in [4.78, 5) is 39.4. The van der Waals surface area contributed by atoms with Crippen LogP contribution in [-0.2, 0) is 9.53 Å². The number of carbonyl (C=O) groups excluding carboxylic acids is 3. The summed E-state index contributed by atoms with van der Waals surface area (Å²) in [5.41, 5.74) is 10.9. The zero-order valence-corrected chi connectivity index (χ0v) is 18.8. The number of amides is 3. The fourth-order valence-electron chi connectivity index (χ4n) is 3.18. The Labute approximate surface area is 197 Å². The lowest BCUT2D eigenvalue weighted by Crippen LogP contribution is -2.44. The van der Waals surface area contributed by atoms with Crippen LogP contribution in [0.5, 0.6) is 0 Å². The molecule has 1 aromatic heterocycles. The summed E-state index contributed by atoms with van der Waals surface area (Å²) in [5, 5.41) is 2.64. The molecule has 3 aromatic rings. The first-order chi connectivity index (χ1) is 16.2. The number of nitrogens with one attached hydrogen (secondary N) is 1. The third-order valence-electron chi connectivity index (χ3n) is 4.76. The topological polar surface area (TPSA) is 141 Å². The van der Waals surface area contributed by atoms with E-state index in [2.05, 4.69) is 9.69 Å². The monoisotopic (exact) mass is 489 g/mol. The van der Waals surface area contributed by atoms with E-state index in [-0.39, 0.29) is 40.7 Å². The number of hydrogen-bond acceptors (Lipinski definition) is 7. The van der Waals surface area contributed by atoms with E-state index in [4.69, 9.17) is 16.2 Å². The SMILES string of the molecule is COCCNC(=O)[C@H](c1ccc(F)cc1)N(C(=O)c1snc(C(N)=O)c1N)c1cccc(F)c1. The minimum absolute atomic E-state index is 0.0228. The van der Waals surface area contributed by atoms with Crippen LogP contribution >= 0.6 is 11.5 Å². The van der Waals surface area contributed by atoms with Gasteiger partial charge in [-0.1, -0.05) is 18.2 Å². The number of aromatic nitrogens is 1. The van der Waals surface area contributed by atoms with Crippen LogP contribution < -0.4 is 21.7 Å². The van der Waals surface area contributed by atoms with E-state index in [1.807, 2.05) is 0 Å². The number of nitrogens with zero attached hydrogens (tertiary/aromatic N) is 2. The largest absolute Gasteiger partial charge is 0.395 e. The van der Waals surface area contributed by atoms with E-state index in [9.17, 15) is 23.2 Å². The Morgan fingerprint density at radius 3 is 2.44 bits per heavy atom. The molecule has 3 rings (SSSR count). The van der Waals surface area contributed by atoms with Gasteiger partial charge in [0.05, 0.1) is 12.3 Å². The van der Waals surface area contributed by atoms with Gasteiger partial charge in [-0.15, -0.1) is 0 Å². The molecule has 0 bridgehead atoms. The Bertz CT molecular complexity index is 1200. The lowest BCUT2D eigenvalue weighted by atomic mass is 10.0. The van der Waals surface area contributed by atoms with Gasteiger partial charge >= 0.3 is 0 Å². The molecule has 1 atom stereocenters. The third kappa shape index (κ3) is 5.35. The Morgan fingerprint density at radius 2 is 1.85 bits per heavy atom. The van der Waals surface area contributed by atoms with Gasteiger partial charge in [0.15, 0.2) is 5.69 Å². The summed E-state index contributed by atoms with van der Waals surface area (Å²) >= 11 is 0.616. The molecule has 1 heterocycles. The number of halogens is 2. The predicted octanol–water partition coefficient (Wildman–Crippen LogP) is 2.25. The van der Waals surface area contributed by atoms with Crippen molar-refractivity contribution in [2.75, 3.05) is 30.9 Å². The molecular formula is C22H21F2N5O4S. The van der Waals surface area contributed by atoms with E-state index in [1.54, 1.807) is 0 Å². The first-order valence-corrected chi connectivity index (χ1v) is 10.7. The normalized spacial score (nSPS) is 11.6. The van der Waals surface area contributed by atoms with Gasteiger partial charge in [-0.05, 0) is 47.4 Å². The van der Waals surface area contributed by atoms with Crippen molar-refractivity contribution in [3.8, 4) is 0 Å². The molecule has 3 amide bonds. The van der Waals surface area contributed by atoms with Crippen LogP contribution in [0.3, 0.4) is 0 Å². The van der Waals surface area contributed by atoms with Gasteiger partial charge < -0.3 is 21.5 Å². The van der Waals surface area contributed by atoms with Crippen molar-refractivity contribution in [2.45, 2.75) is 6.04 Å². The fraction of sp³-hybridized carbons (Fsp3) is 0.182. The third-order valence-corrected chi connectivity index (χ3v) is 5.61. The molecule has 5 N–H and O–H groups in total. The van der Waals surface area contributed by atoms with E-state index < -0.39 is 35.4 Å². The van der Waals surface area contributed by atoms with Gasteiger partial charge in [-0.25, -0.2) is 8.78 Å². The molecule has 12 heteroatoms. The zero-order chi connectivity index (χ0) is 24.8. The smallest absolute Gasteiger partial charge is 0.273 e. The van der Waals surface area contributed by atoms with Crippen LogP contribution in [0.25, 0.3) is 0 Å². The average molecular weight is 490 g/mol. The molecule has 2 aromatic carbocycles. The standard InChI is InChI=1S/C22H21F2N5O4S/c1-33-10-9-27-21(31)18(12-5-7-13(23)8-6-12)29(15-4-2-3-14(24)11-15)22(32)19-16(25)17(20(26)30)28-34-19/h2-8,11,18H,9-10,25H2,1H3,(H2,26,30)(H,27,31)/t18-/m0/s1. The zero-order valence-electron chi connectivity index (χ0n) is 18.0. The second kappa shape index (κ2) is 10.8. The van der Waals surface area contributed by atoms with Gasteiger partial charge in [-0.3, -0.25) is 19.3 Å². The maximum atomic E-state index is 14.2. The Morgan fingerprint density at radius 1 is 1.15 bits per heavy atom. The minimum Gasteiger partial charge on any atom is -0.395 e. The highest BCUT2D eigenvalue weighted by Gasteiger charge is 2.36. The summed E-state index contributed by atoms with van der Waals surface area (Å²) in [7, 11) is 1.45. The predicted molar refractivity (Wildman–Crippen MR) is 122 cm³/mol. The molecule has 0 unspecified atom stereocenters. The highest BCUT2D eigenvalue weighted by atomic mass is 32.1. The fourth-order valence-corrected chi connectivity index (χ4v) is 3.93. The van der Waals surface area contributed by atoms with Crippen LogP contribution in [0, 0.1) is 11.6 Å². The van der Waals surface area contributed by atoms with Crippen molar-refractivity contribution in [1.82, 2.24) is 9.69 Å². The quantitative estimate of drug-likeness (QED) is 0.394. The molecule has 178 valence electrons. The number of primary amides is 1. The van der Waals surface area contributed by atoms with Crippen molar-refractivity contribution in [3.63, 3.8) is 0 Å². The number of hydrogen-bond donors (Lipinski definition) is 3. The highest BCUT2D eigenvalue weighted by molar-refractivity contribution is 7.09. The number of ether oxygens (including phenoxy) is 1. The lowest BCUT2D eigenvalue weighted by molar-refractivity contribution is -0.122. The first kappa shape index (κ1) is 24.7. The van der Waals surface area contributed by atoms with Gasteiger partial charge in [0, 0.05) is 19.3 Å². The molecule has 9 nitrogen and oxygen atoms in total. The number of anilines is 2. The van der Waals surface area contributed by atoms with Crippen molar-refractivity contribution in [3.05, 3.63) is 76.3 Å². The van der Waals surface area contributed by atoms with E-state index >= 15 is 0 Å². The number of carbonyl (C=O) groups is 3. The lowest BCUT2D eigenvalue weighted by Gasteiger charge is -2.31. The van der Waals surface area contributed by atoms with E-state index in [1.165, 1.54) is 37.4 Å². The van der Waals surface area contributed by atoms with Crippen molar-refractivity contribution in [1.29, 1.82) is 0 Å². The molecule has 0 fully saturated rings. The number of nitrogens with two attached hydrogens (primary N) is 2. The molecule has 0 saturated heterocycles. The molecular weight excluding hydrogens is 468 g/mol. The van der Waals surface area contributed by atoms with Crippen LogP contribution in [0.4, 0.5) is 20.2 Å². The second-order valence-electron chi connectivity index (χ2n) is 7.03. The van der Waals surface area contributed by atoms with E-state index in [0.29, 0.717) is 11.5 Å². The van der Waals surface area contributed by atoms with Crippen LogP contribution in [0.2, 0.25) is 0 Å². The van der Waals surface area contributed by atoms with Gasteiger partial charge in [0.2, 0.25) is 5.91 Å². The molecule has 0 aliphatic carbocycles. The van der Waals surface area contributed by atoms with E-state index in [0.717, 1.165) is 23.1 Å². The van der Waals surface area contributed by atoms with Gasteiger partial charge in [-0.2, -0.15) is 4.37 Å². The maximum absolute atomic E-state index is 14.2. The van der Waals surface area contributed by atoms with Crippen molar-refractivity contribution in [2.24, 2.45) is 5.73 Å². The number of nitrogen functional groups attached to an aromatic ring is 1. The molecule has 0 aliphatic rings. The minimum atomic E-state index is -1.36. The molecule has 34 heavy (non-hydrogen) atoms. The number of rotatable bonds is 9. The maximum Gasteiger partial charge on any atom is 0.273 e. The van der Waals surface area contributed by atoms with Crippen LogP contribution in [-0.4, -0.2) is 42.4 Å². The first-order valence-electron chi connectivity index (χ1n) is 9.90. The molecule has 0 saturated carbocycles. The molecule has 0 radical (unpaired) electrons. The Hall–Kier alpha value is -3.90. The number of benzene rings is 2. The Balaban J connectivity index is 2.17. The van der Waals surface area contributed by atoms with Crippen molar-refractivity contribution >= 4 is 40.6 Å². The summed E-state index contributed by atoms with van der Waals surface area (Å²) in [6.07, 6.45) is 0. The molecule has 0 aliphatic heterocycles. The van der Waals surface area contributed by atoms with Gasteiger partial charge in [0.1, 0.15) is 22.6 Å². The average Bonchev–Trinajstić information content (AvgIpc) is 3.19. The summed E-state index contributed by atoms with van der Waals surface area (Å²) in [5.74, 6) is -3.62. The second-order valence-corrected chi connectivity index (χ2v) is 7.80. The summed E-state index contributed by atoms with van der Waals surface area (Å²) in [6.45, 7) is 0.312. The van der Waals surface area contributed by atoms with Crippen molar-refractivity contribution < 1.29 is 27.9 Å². The van der Waals surface area contributed by atoms with Crippen LogP contribution in [0.15, 0.2) is 48.5 Å². The summed E-state index contributed by atoms with van der Waals surface area (Å²) in [6, 6.07) is 8.59. The summed E-state index contributed by atoms with van der Waals surface area (Å²) < 4.78 is 36.6. The highest BCUT2D eigenvalue weighted by Crippen LogP contribution is 2.33. The van der Waals surface area contributed by atoms with Crippen LogP contribution in [0.1, 0.15) is 31.8 Å². The van der Waals surface area contributed by atoms with Gasteiger partial charge in [0.25, 0.3) is 11.8 Å². The number of methoxy groups -OCH3 is 1. The Kier molecular flexibility index (Phi) is 7.87.